The Labute approximate surface area is 160 Å². The largest absolute Gasteiger partial charge is 0.496 e. The average molecular weight is 377 g/mol. The van der Waals surface area contributed by atoms with Crippen molar-refractivity contribution in [2.75, 3.05) is 33.3 Å². The van der Waals surface area contributed by atoms with Gasteiger partial charge >= 0.3 is 0 Å². The van der Waals surface area contributed by atoms with E-state index < -0.39 is 0 Å². The van der Waals surface area contributed by atoms with Gasteiger partial charge in [0.1, 0.15) is 5.75 Å². The molecule has 5 heteroatoms. The van der Waals surface area contributed by atoms with Crippen molar-refractivity contribution in [3.63, 3.8) is 0 Å². The van der Waals surface area contributed by atoms with Crippen LogP contribution in [0.25, 0.3) is 0 Å². The minimum absolute atomic E-state index is 0. The summed E-state index contributed by atoms with van der Waals surface area (Å²) in [5.74, 6) is 1.60. The van der Waals surface area contributed by atoms with E-state index in [9.17, 15) is 0 Å². The van der Waals surface area contributed by atoms with Gasteiger partial charge in [0.25, 0.3) is 0 Å². The lowest BCUT2D eigenvalue weighted by molar-refractivity contribution is 0.160. The van der Waals surface area contributed by atoms with Crippen LogP contribution in [-0.2, 0) is 0 Å². The number of nitrogens with zero attached hydrogens (tertiary/aromatic N) is 1. The van der Waals surface area contributed by atoms with Crippen LogP contribution in [0.3, 0.4) is 0 Å². The Morgan fingerprint density at radius 3 is 2.38 bits per heavy atom. The van der Waals surface area contributed by atoms with Crippen molar-refractivity contribution in [2.24, 2.45) is 0 Å². The minimum Gasteiger partial charge on any atom is -0.496 e. The van der Waals surface area contributed by atoms with Gasteiger partial charge in [0, 0.05) is 37.8 Å². The number of ether oxygens (including phenoxy) is 1. The van der Waals surface area contributed by atoms with E-state index in [4.69, 9.17) is 4.74 Å². The van der Waals surface area contributed by atoms with E-state index in [1.807, 2.05) is 0 Å². The lowest BCUT2D eigenvalue weighted by Gasteiger charge is -2.36. The topological polar surface area (TPSA) is 24.5 Å². The normalized spacial score (nSPS) is 16.2. The summed E-state index contributed by atoms with van der Waals surface area (Å²) < 4.78 is 5.69. The maximum atomic E-state index is 5.69. The highest BCUT2D eigenvalue weighted by Crippen LogP contribution is 2.35. The van der Waals surface area contributed by atoms with Crippen LogP contribution < -0.4 is 10.1 Å². The van der Waals surface area contributed by atoms with Gasteiger partial charge in [-0.3, -0.25) is 4.90 Å². The number of hydrogen-bond acceptors (Lipinski definition) is 3. The summed E-state index contributed by atoms with van der Waals surface area (Å²) in [5, 5.41) is 3.46. The monoisotopic (exact) mass is 376 g/mol. The van der Waals surface area contributed by atoms with Gasteiger partial charge in [-0.1, -0.05) is 45.7 Å². The van der Waals surface area contributed by atoms with Gasteiger partial charge in [-0.25, -0.2) is 0 Å². The first-order valence-corrected chi connectivity index (χ1v) is 8.80. The van der Waals surface area contributed by atoms with Crippen molar-refractivity contribution >= 4 is 24.8 Å². The Kier molecular flexibility index (Phi) is 11.7. The molecule has 1 aromatic carbocycles. The number of benzene rings is 1. The fourth-order valence-corrected chi connectivity index (χ4v) is 3.30. The second-order valence-corrected chi connectivity index (χ2v) is 6.60. The molecule has 0 saturated carbocycles. The highest BCUT2D eigenvalue weighted by molar-refractivity contribution is 5.85. The molecule has 140 valence electrons. The Morgan fingerprint density at radius 2 is 1.83 bits per heavy atom. The van der Waals surface area contributed by atoms with Crippen LogP contribution in [0, 0.1) is 0 Å². The van der Waals surface area contributed by atoms with E-state index in [0.29, 0.717) is 12.0 Å². The smallest absolute Gasteiger partial charge is 0.123 e. The molecule has 0 unspecified atom stereocenters. The number of rotatable bonds is 7. The first-order chi connectivity index (χ1) is 10.7. The molecule has 1 atom stereocenters. The molecule has 1 fully saturated rings. The van der Waals surface area contributed by atoms with E-state index in [-0.39, 0.29) is 24.8 Å². The summed E-state index contributed by atoms with van der Waals surface area (Å²) in [6.45, 7) is 11.2. The molecule has 24 heavy (non-hydrogen) atoms. The third-order valence-corrected chi connectivity index (χ3v) is 4.70. The molecule has 1 aliphatic heterocycles. The van der Waals surface area contributed by atoms with E-state index in [0.717, 1.165) is 31.9 Å². The van der Waals surface area contributed by atoms with Gasteiger partial charge in [-0.15, -0.1) is 24.8 Å². The third kappa shape index (κ3) is 6.11. The zero-order valence-corrected chi connectivity index (χ0v) is 17.1. The third-order valence-electron chi connectivity index (χ3n) is 4.70. The molecule has 3 nitrogen and oxygen atoms in total. The maximum Gasteiger partial charge on any atom is 0.123 e. The van der Waals surface area contributed by atoms with Crippen LogP contribution in [-0.4, -0.2) is 38.2 Å². The average Bonchev–Trinajstić information content (AvgIpc) is 2.56. The molecular formula is C19H34Cl2N2O. The summed E-state index contributed by atoms with van der Waals surface area (Å²) in [6.07, 6.45) is 3.73. The predicted molar refractivity (Wildman–Crippen MR) is 108 cm³/mol. The van der Waals surface area contributed by atoms with Gasteiger partial charge in [0.2, 0.25) is 0 Å². The first-order valence-electron chi connectivity index (χ1n) is 8.80. The summed E-state index contributed by atoms with van der Waals surface area (Å²) >= 11 is 0. The molecule has 0 aliphatic carbocycles. The van der Waals surface area contributed by atoms with Crippen molar-refractivity contribution < 1.29 is 4.74 Å². The number of piperazine rings is 1. The standard InChI is InChI=1S/C19H32N2O.2ClH/c1-5-6-7-18(21-12-10-20-11-13-21)17-14-16(15(2)3)8-9-19(17)22-4;;/h8-9,14-15,18,20H,5-7,10-13H2,1-4H3;2*1H/t18-;;/m1../s1. The Balaban J connectivity index is 0.00000264. The minimum atomic E-state index is 0. The van der Waals surface area contributed by atoms with Crippen LogP contribution in [0.1, 0.15) is 63.1 Å². The zero-order chi connectivity index (χ0) is 15.9. The lowest BCUT2D eigenvalue weighted by Crippen LogP contribution is -2.45. The highest BCUT2D eigenvalue weighted by atomic mass is 35.5. The van der Waals surface area contributed by atoms with Gasteiger partial charge in [-0.2, -0.15) is 0 Å². The number of nitrogens with one attached hydrogen (secondary N) is 1. The fourth-order valence-electron chi connectivity index (χ4n) is 3.30. The molecule has 1 N–H and O–H groups in total. The lowest BCUT2D eigenvalue weighted by atomic mass is 9.93. The predicted octanol–water partition coefficient (Wildman–Crippen LogP) is 4.80. The van der Waals surface area contributed by atoms with E-state index in [1.165, 1.54) is 30.4 Å². The van der Waals surface area contributed by atoms with E-state index >= 15 is 0 Å². The van der Waals surface area contributed by atoms with Crippen LogP contribution in [0.15, 0.2) is 18.2 Å². The Hall–Kier alpha value is -0.480. The molecule has 0 spiro atoms. The first kappa shape index (κ1) is 23.5. The SMILES string of the molecule is CCCC[C@H](c1cc(C(C)C)ccc1OC)N1CCNCC1.Cl.Cl. The number of unbranched alkanes of at least 4 members (excludes halogenated alkanes) is 1. The molecule has 1 aliphatic rings. The molecule has 0 bridgehead atoms. The van der Waals surface area contributed by atoms with Crippen molar-refractivity contribution in [2.45, 2.75) is 52.0 Å². The summed E-state index contributed by atoms with van der Waals surface area (Å²) in [7, 11) is 1.79. The maximum absolute atomic E-state index is 5.69. The molecular weight excluding hydrogens is 343 g/mol. The molecule has 1 saturated heterocycles. The van der Waals surface area contributed by atoms with Crippen LogP contribution in [0.2, 0.25) is 0 Å². The van der Waals surface area contributed by atoms with Crippen LogP contribution >= 0.6 is 24.8 Å². The van der Waals surface area contributed by atoms with E-state index in [1.54, 1.807) is 7.11 Å². The number of halogens is 2. The molecule has 1 aromatic rings. The van der Waals surface area contributed by atoms with Crippen molar-refractivity contribution in [3.05, 3.63) is 29.3 Å². The molecule has 0 radical (unpaired) electrons. The fraction of sp³-hybridized carbons (Fsp3) is 0.684. The van der Waals surface area contributed by atoms with Gasteiger partial charge in [-0.05, 0) is 24.0 Å². The number of hydrogen-bond donors (Lipinski definition) is 1. The number of methoxy groups -OCH3 is 1. The highest BCUT2D eigenvalue weighted by Gasteiger charge is 2.24. The molecule has 0 aromatic heterocycles. The second-order valence-electron chi connectivity index (χ2n) is 6.60. The zero-order valence-electron chi connectivity index (χ0n) is 15.5. The van der Waals surface area contributed by atoms with Gasteiger partial charge in [0.15, 0.2) is 0 Å². The molecule has 2 rings (SSSR count). The van der Waals surface area contributed by atoms with Crippen molar-refractivity contribution in [3.8, 4) is 5.75 Å². The van der Waals surface area contributed by atoms with Gasteiger partial charge in [0.05, 0.1) is 7.11 Å². The molecule has 0 amide bonds. The van der Waals surface area contributed by atoms with Crippen molar-refractivity contribution in [1.82, 2.24) is 10.2 Å². The quantitative estimate of drug-likeness (QED) is 0.739. The Bertz CT molecular complexity index is 463. The van der Waals surface area contributed by atoms with E-state index in [2.05, 4.69) is 49.2 Å². The second kappa shape index (κ2) is 12.0. The Morgan fingerprint density at radius 1 is 1.17 bits per heavy atom. The molecule has 1 heterocycles. The summed E-state index contributed by atoms with van der Waals surface area (Å²) in [5.41, 5.74) is 2.79. The van der Waals surface area contributed by atoms with Crippen LogP contribution in [0.5, 0.6) is 5.75 Å². The summed E-state index contributed by atoms with van der Waals surface area (Å²) in [6, 6.07) is 7.23. The summed E-state index contributed by atoms with van der Waals surface area (Å²) in [4.78, 5) is 2.63. The van der Waals surface area contributed by atoms with Crippen LogP contribution in [0.4, 0.5) is 0 Å². The van der Waals surface area contributed by atoms with Gasteiger partial charge < -0.3 is 10.1 Å². The van der Waals surface area contributed by atoms with Crippen molar-refractivity contribution in [1.29, 1.82) is 0 Å².